The maximum Gasteiger partial charge on any atom is -0.00201 e. The molecular weight excluding hydrogens is 937 g/mol. The molecule has 0 saturated carbocycles. The van der Waals surface area contributed by atoms with Crippen molar-refractivity contribution < 1.29 is 0 Å². The zero-order chi connectivity index (χ0) is 51.8. The van der Waals surface area contributed by atoms with Crippen molar-refractivity contribution in [2.75, 3.05) is 0 Å². The van der Waals surface area contributed by atoms with Gasteiger partial charge in [0.1, 0.15) is 0 Å². The highest BCUT2D eigenvalue weighted by molar-refractivity contribution is 6.24. The number of hydrogen-bond donors (Lipinski definition) is 0. The van der Waals surface area contributed by atoms with Crippen LogP contribution in [0.25, 0.3) is 143 Å². The Hall–Kier alpha value is -10.1. The van der Waals surface area contributed by atoms with Crippen molar-refractivity contribution in [2.24, 2.45) is 0 Å². The molecule has 0 aliphatic carbocycles. The van der Waals surface area contributed by atoms with Gasteiger partial charge in [0, 0.05) is 0 Å². The quantitative estimate of drug-likeness (QED) is 0.140. The topological polar surface area (TPSA) is 0 Å². The van der Waals surface area contributed by atoms with Crippen LogP contribution in [0.3, 0.4) is 0 Å². The minimum atomic E-state index is 1.22. The van der Waals surface area contributed by atoms with Crippen molar-refractivity contribution in [3.05, 3.63) is 315 Å². The van der Waals surface area contributed by atoms with E-state index in [2.05, 4.69) is 315 Å². The molecule has 15 aromatic rings. The van der Waals surface area contributed by atoms with Crippen molar-refractivity contribution in [3.63, 3.8) is 0 Å². The maximum absolute atomic E-state index is 2.39. The summed E-state index contributed by atoms with van der Waals surface area (Å²) in [6.07, 6.45) is 0. The summed E-state index contributed by atoms with van der Waals surface area (Å²) in [6.45, 7) is 0. The summed E-state index contributed by atoms with van der Waals surface area (Å²) in [5.74, 6) is 0. The predicted molar refractivity (Wildman–Crippen MR) is 336 cm³/mol. The lowest BCUT2D eigenvalue weighted by atomic mass is 9.83. The average Bonchev–Trinajstić information content (AvgIpc) is 3.71. The van der Waals surface area contributed by atoms with Crippen molar-refractivity contribution in [3.8, 4) is 77.9 Å². The molecule has 0 bridgehead atoms. The van der Waals surface area contributed by atoms with E-state index in [-0.39, 0.29) is 0 Å². The highest BCUT2D eigenvalue weighted by atomic mass is 14.2. The van der Waals surface area contributed by atoms with Gasteiger partial charge in [-0.2, -0.15) is 0 Å². The van der Waals surface area contributed by atoms with Gasteiger partial charge >= 0.3 is 0 Å². The fraction of sp³-hybridized carbons (Fsp3) is 0. The molecular formula is C78H52. The Morgan fingerprint density at radius 2 is 0.449 bits per heavy atom. The van der Waals surface area contributed by atoms with Gasteiger partial charge in [0.2, 0.25) is 0 Å². The standard InChI is InChI=1S/C42H28.C36H24/c1-3-14-29(15-4-1)34-27-26-32(28-40(34)31-16-5-2-6-17-31)41-36-21-9-11-23-38(36)42(39-24-12-10-22-37(39)41)35-25-13-19-30-18-7-8-20-33(30)35;1-3-12-25(13-4-1)29-21-11-16-27-24-28(22-23-30(27)29)36-33-19-9-7-17-31(33)35(26-14-5-2-6-15-26)32-18-8-10-20-34(32)36/h1-28H;1-24H. The number of rotatable bonds is 7. The molecule has 15 aromatic carbocycles. The molecule has 0 saturated heterocycles. The minimum absolute atomic E-state index is 1.22. The summed E-state index contributed by atoms with van der Waals surface area (Å²) in [5, 5.41) is 15.3. The first-order valence-corrected chi connectivity index (χ1v) is 27.0. The van der Waals surface area contributed by atoms with Gasteiger partial charge in [0.25, 0.3) is 0 Å². The lowest BCUT2D eigenvalue weighted by molar-refractivity contribution is 1.58. The van der Waals surface area contributed by atoms with Crippen LogP contribution in [0.1, 0.15) is 0 Å². The van der Waals surface area contributed by atoms with Crippen LogP contribution in [0, 0.1) is 0 Å². The van der Waals surface area contributed by atoms with E-state index in [1.807, 2.05) is 0 Å². The van der Waals surface area contributed by atoms with E-state index < -0.39 is 0 Å². The molecule has 0 aromatic heterocycles. The molecule has 0 fully saturated rings. The van der Waals surface area contributed by atoms with Crippen LogP contribution in [-0.4, -0.2) is 0 Å². The van der Waals surface area contributed by atoms with E-state index >= 15 is 0 Å². The zero-order valence-corrected chi connectivity index (χ0v) is 43.0. The molecule has 0 atom stereocenters. The summed E-state index contributed by atoms with van der Waals surface area (Å²) in [7, 11) is 0. The van der Waals surface area contributed by atoms with E-state index in [1.165, 1.54) is 143 Å². The van der Waals surface area contributed by atoms with Crippen LogP contribution in [-0.2, 0) is 0 Å². The Balaban J connectivity index is 0.000000143. The lowest BCUT2D eigenvalue weighted by Gasteiger charge is -2.20. The third-order valence-corrected chi connectivity index (χ3v) is 15.7. The van der Waals surface area contributed by atoms with Crippen LogP contribution < -0.4 is 0 Å². The molecule has 0 heteroatoms. The summed E-state index contributed by atoms with van der Waals surface area (Å²) < 4.78 is 0. The van der Waals surface area contributed by atoms with Crippen LogP contribution in [0.15, 0.2) is 315 Å². The summed E-state index contributed by atoms with van der Waals surface area (Å²) in [5.41, 5.74) is 17.6. The third kappa shape index (κ3) is 8.29. The molecule has 364 valence electrons. The Labute approximate surface area is 455 Å². The van der Waals surface area contributed by atoms with Gasteiger partial charge in [-0.3, -0.25) is 0 Å². The Morgan fingerprint density at radius 3 is 0.949 bits per heavy atom. The van der Waals surface area contributed by atoms with Gasteiger partial charge < -0.3 is 0 Å². The normalized spacial score (nSPS) is 11.3. The molecule has 0 nitrogen and oxygen atoms in total. The molecule has 15 rings (SSSR count). The highest BCUT2D eigenvalue weighted by Crippen LogP contribution is 2.48. The van der Waals surface area contributed by atoms with Crippen molar-refractivity contribution in [1.82, 2.24) is 0 Å². The van der Waals surface area contributed by atoms with E-state index in [9.17, 15) is 0 Å². The second-order valence-electron chi connectivity index (χ2n) is 20.2. The maximum atomic E-state index is 2.39. The van der Waals surface area contributed by atoms with Gasteiger partial charge in [0.05, 0.1) is 0 Å². The van der Waals surface area contributed by atoms with Gasteiger partial charge in [-0.05, 0) is 155 Å². The summed E-state index contributed by atoms with van der Waals surface area (Å²) >= 11 is 0. The number of fused-ring (bicyclic) bond motifs is 6. The smallest absolute Gasteiger partial charge is 0.00201 e. The van der Waals surface area contributed by atoms with Crippen LogP contribution in [0.4, 0.5) is 0 Å². The Bertz CT molecular complexity index is 4570. The minimum Gasteiger partial charge on any atom is -0.0622 e. The summed E-state index contributed by atoms with van der Waals surface area (Å²) in [6, 6.07) is 114. The monoisotopic (exact) mass is 988 g/mol. The third-order valence-electron chi connectivity index (χ3n) is 15.7. The molecule has 0 radical (unpaired) electrons. The summed E-state index contributed by atoms with van der Waals surface area (Å²) in [4.78, 5) is 0. The van der Waals surface area contributed by atoms with E-state index in [0.29, 0.717) is 0 Å². The first-order chi connectivity index (χ1) is 38.7. The zero-order valence-electron chi connectivity index (χ0n) is 43.0. The first kappa shape index (κ1) is 46.4. The average molecular weight is 989 g/mol. The Kier molecular flexibility index (Phi) is 12.0. The molecule has 0 spiro atoms. The van der Waals surface area contributed by atoms with Gasteiger partial charge in [-0.25, -0.2) is 0 Å². The molecule has 0 N–H and O–H groups in total. The van der Waals surface area contributed by atoms with Gasteiger partial charge in [0.15, 0.2) is 0 Å². The first-order valence-electron chi connectivity index (χ1n) is 27.0. The largest absolute Gasteiger partial charge is 0.0622 e. The van der Waals surface area contributed by atoms with Crippen molar-refractivity contribution >= 4 is 64.6 Å². The lowest BCUT2D eigenvalue weighted by Crippen LogP contribution is -1.93. The second kappa shape index (κ2) is 20.2. The van der Waals surface area contributed by atoms with E-state index in [0.717, 1.165) is 0 Å². The fourth-order valence-electron chi connectivity index (χ4n) is 12.3. The molecule has 0 aliphatic heterocycles. The van der Waals surface area contributed by atoms with Crippen LogP contribution >= 0.6 is 0 Å². The van der Waals surface area contributed by atoms with Gasteiger partial charge in [-0.1, -0.05) is 303 Å². The van der Waals surface area contributed by atoms with Crippen molar-refractivity contribution in [1.29, 1.82) is 0 Å². The van der Waals surface area contributed by atoms with Gasteiger partial charge in [-0.15, -0.1) is 0 Å². The SMILES string of the molecule is c1ccc(-c2ccc(-c3c4ccccc4c(-c4cccc5ccccc45)c4ccccc34)cc2-c2ccccc2)cc1.c1ccc(-c2cccc3cc(-c4c5ccccc5c(-c5ccccc5)c5ccccc45)ccc23)cc1. The van der Waals surface area contributed by atoms with E-state index in [1.54, 1.807) is 0 Å². The highest BCUT2D eigenvalue weighted by Gasteiger charge is 2.20. The Morgan fingerprint density at radius 1 is 0.128 bits per heavy atom. The van der Waals surface area contributed by atoms with E-state index in [4.69, 9.17) is 0 Å². The molecule has 0 aliphatic rings. The molecule has 0 heterocycles. The number of benzene rings is 15. The fourth-order valence-corrected chi connectivity index (χ4v) is 12.3. The molecule has 0 amide bonds. The molecule has 0 unspecified atom stereocenters. The van der Waals surface area contributed by atoms with Crippen LogP contribution in [0.2, 0.25) is 0 Å². The second-order valence-corrected chi connectivity index (χ2v) is 20.2. The van der Waals surface area contributed by atoms with Crippen LogP contribution in [0.5, 0.6) is 0 Å². The predicted octanol–water partition coefficient (Wildman–Crippen LogP) is 22.0. The number of hydrogen-bond acceptors (Lipinski definition) is 0. The van der Waals surface area contributed by atoms with Crippen molar-refractivity contribution in [2.45, 2.75) is 0 Å². The molecule has 78 heavy (non-hydrogen) atoms.